The van der Waals surface area contributed by atoms with Crippen LogP contribution in [-0.4, -0.2) is 5.97 Å². The molecule has 1 fully saturated rings. The lowest BCUT2D eigenvalue weighted by atomic mass is 9.90. The first-order valence-electron chi connectivity index (χ1n) is 4.90. The fourth-order valence-corrected chi connectivity index (χ4v) is 2.00. The highest BCUT2D eigenvalue weighted by Gasteiger charge is 2.42. The van der Waals surface area contributed by atoms with E-state index in [1.165, 1.54) is 0 Å². The van der Waals surface area contributed by atoms with Gasteiger partial charge < -0.3 is 4.74 Å². The molecule has 2 rings (SSSR count). The average molecular weight is 190 g/mol. The van der Waals surface area contributed by atoms with Crippen LogP contribution in [0.25, 0.3) is 0 Å². The minimum absolute atomic E-state index is 0.0141. The summed E-state index contributed by atoms with van der Waals surface area (Å²) in [5.74, 6) is -0.0726. The number of esters is 1. The number of ether oxygens (including phenoxy) is 1. The van der Waals surface area contributed by atoms with Crippen LogP contribution in [0.4, 0.5) is 0 Å². The van der Waals surface area contributed by atoms with Gasteiger partial charge in [-0.2, -0.15) is 0 Å². The Labute approximate surface area is 83.9 Å². The van der Waals surface area contributed by atoms with Gasteiger partial charge in [-0.05, 0) is 12.5 Å². The molecule has 0 N–H and O–H groups in total. The van der Waals surface area contributed by atoms with Crippen LogP contribution in [-0.2, 0) is 15.1 Å². The maximum absolute atomic E-state index is 11.3. The molecular formula is C12H14O2. The Morgan fingerprint density at radius 1 is 1.36 bits per heavy atom. The zero-order valence-electron chi connectivity index (χ0n) is 8.49. The minimum Gasteiger partial charge on any atom is -0.454 e. The number of hydrogen-bond acceptors (Lipinski definition) is 2. The van der Waals surface area contributed by atoms with Crippen LogP contribution < -0.4 is 0 Å². The highest BCUT2D eigenvalue weighted by Crippen LogP contribution is 2.38. The van der Waals surface area contributed by atoms with Crippen molar-refractivity contribution in [1.82, 2.24) is 0 Å². The van der Waals surface area contributed by atoms with Crippen LogP contribution in [0.15, 0.2) is 30.3 Å². The molecule has 0 radical (unpaired) electrons. The van der Waals surface area contributed by atoms with Crippen LogP contribution in [0.3, 0.4) is 0 Å². The maximum Gasteiger partial charge on any atom is 0.309 e. The Kier molecular flexibility index (Phi) is 2.06. The first-order chi connectivity index (χ1) is 6.62. The summed E-state index contributed by atoms with van der Waals surface area (Å²) in [6, 6.07) is 9.92. The number of hydrogen-bond donors (Lipinski definition) is 0. The molecule has 1 aliphatic rings. The summed E-state index contributed by atoms with van der Waals surface area (Å²) in [4.78, 5) is 11.3. The molecular weight excluding hydrogens is 176 g/mol. The first kappa shape index (κ1) is 9.25. The Balaban J connectivity index is 2.31. The Hall–Kier alpha value is -1.31. The van der Waals surface area contributed by atoms with Crippen molar-refractivity contribution in [2.75, 3.05) is 0 Å². The Morgan fingerprint density at radius 3 is 2.50 bits per heavy atom. The van der Waals surface area contributed by atoms with E-state index in [2.05, 4.69) is 0 Å². The molecule has 0 amide bonds. The van der Waals surface area contributed by atoms with Gasteiger partial charge in [0.15, 0.2) is 0 Å². The van der Waals surface area contributed by atoms with Gasteiger partial charge in [0.2, 0.25) is 0 Å². The van der Waals surface area contributed by atoms with Gasteiger partial charge >= 0.3 is 5.97 Å². The number of benzene rings is 1. The summed E-state index contributed by atoms with van der Waals surface area (Å²) >= 11 is 0. The molecule has 0 saturated carbocycles. The molecule has 0 unspecified atom stereocenters. The highest BCUT2D eigenvalue weighted by molar-refractivity contribution is 5.75. The number of carbonyl (C=O) groups is 1. The second kappa shape index (κ2) is 3.12. The van der Waals surface area contributed by atoms with Crippen molar-refractivity contribution in [3.05, 3.63) is 35.9 Å². The molecule has 1 saturated heterocycles. The number of rotatable bonds is 1. The molecule has 0 bridgehead atoms. The van der Waals surface area contributed by atoms with Gasteiger partial charge in [0, 0.05) is 6.42 Å². The van der Waals surface area contributed by atoms with Crippen LogP contribution in [0, 0.1) is 5.92 Å². The molecule has 2 atom stereocenters. The molecule has 1 aliphatic heterocycles. The SMILES string of the molecule is C[C@@H]1C[C@@](C)(c2ccccc2)OC1=O. The summed E-state index contributed by atoms with van der Waals surface area (Å²) in [6.45, 7) is 3.89. The largest absolute Gasteiger partial charge is 0.454 e. The van der Waals surface area contributed by atoms with Crippen molar-refractivity contribution in [1.29, 1.82) is 0 Å². The monoisotopic (exact) mass is 190 g/mol. The normalized spacial score (nSPS) is 31.6. The van der Waals surface area contributed by atoms with Gasteiger partial charge in [0.05, 0.1) is 5.92 Å². The van der Waals surface area contributed by atoms with Crippen LogP contribution in [0.2, 0.25) is 0 Å². The molecule has 1 aromatic carbocycles. The van der Waals surface area contributed by atoms with Crippen molar-refractivity contribution in [2.24, 2.45) is 5.92 Å². The lowest BCUT2D eigenvalue weighted by Gasteiger charge is -2.22. The summed E-state index contributed by atoms with van der Waals surface area (Å²) in [6.07, 6.45) is 0.774. The van der Waals surface area contributed by atoms with Gasteiger partial charge in [-0.3, -0.25) is 4.79 Å². The molecule has 14 heavy (non-hydrogen) atoms. The van der Waals surface area contributed by atoms with E-state index in [0.29, 0.717) is 0 Å². The molecule has 1 heterocycles. The highest BCUT2D eigenvalue weighted by atomic mass is 16.6. The van der Waals surface area contributed by atoms with E-state index in [1.54, 1.807) is 0 Å². The van der Waals surface area contributed by atoms with Crippen LogP contribution >= 0.6 is 0 Å². The van der Waals surface area contributed by atoms with Crippen molar-refractivity contribution >= 4 is 5.97 Å². The van der Waals surface area contributed by atoms with Crippen molar-refractivity contribution in [2.45, 2.75) is 25.9 Å². The zero-order valence-corrected chi connectivity index (χ0v) is 8.49. The molecule has 2 heteroatoms. The van der Waals surface area contributed by atoms with Crippen molar-refractivity contribution in [3.8, 4) is 0 Å². The number of carbonyl (C=O) groups excluding carboxylic acids is 1. The van der Waals surface area contributed by atoms with Crippen molar-refractivity contribution < 1.29 is 9.53 Å². The Bertz CT molecular complexity index is 345. The topological polar surface area (TPSA) is 26.3 Å². The van der Waals surface area contributed by atoms with E-state index >= 15 is 0 Å². The lowest BCUT2D eigenvalue weighted by molar-refractivity contribution is -0.149. The molecule has 2 nitrogen and oxygen atoms in total. The third kappa shape index (κ3) is 1.41. The molecule has 1 aromatic rings. The van der Waals surface area contributed by atoms with E-state index in [4.69, 9.17) is 4.74 Å². The molecule has 0 aromatic heterocycles. The van der Waals surface area contributed by atoms with E-state index in [-0.39, 0.29) is 11.9 Å². The second-order valence-electron chi connectivity index (χ2n) is 4.12. The van der Waals surface area contributed by atoms with Gasteiger partial charge in [-0.1, -0.05) is 37.3 Å². The average Bonchev–Trinajstić information content (AvgIpc) is 2.44. The standard InChI is InChI=1S/C12H14O2/c1-9-8-12(2,14-11(9)13)10-6-4-3-5-7-10/h3-7,9H,8H2,1-2H3/t9-,12+/m1/s1. The predicted octanol–water partition coefficient (Wildman–Crippen LogP) is 2.48. The zero-order chi connectivity index (χ0) is 10.2. The smallest absolute Gasteiger partial charge is 0.309 e. The Morgan fingerprint density at radius 2 is 2.00 bits per heavy atom. The van der Waals surface area contributed by atoms with Gasteiger partial charge in [0.25, 0.3) is 0 Å². The maximum atomic E-state index is 11.3. The molecule has 0 aliphatic carbocycles. The lowest BCUT2D eigenvalue weighted by Crippen LogP contribution is -2.20. The van der Waals surface area contributed by atoms with Crippen LogP contribution in [0.5, 0.6) is 0 Å². The third-order valence-corrected chi connectivity index (χ3v) is 2.81. The second-order valence-corrected chi connectivity index (χ2v) is 4.12. The fourth-order valence-electron chi connectivity index (χ4n) is 2.00. The van der Waals surface area contributed by atoms with E-state index in [1.807, 2.05) is 44.2 Å². The number of cyclic esters (lactones) is 1. The first-order valence-corrected chi connectivity index (χ1v) is 4.90. The molecule has 0 spiro atoms. The van der Waals surface area contributed by atoms with Crippen LogP contribution in [0.1, 0.15) is 25.8 Å². The third-order valence-electron chi connectivity index (χ3n) is 2.81. The summed E-state index contributed by atoms with van der Waals surface area (Å²) in [7, 11) is 0. The van der Waals surface area contributed by atoms with E-state index < -0.39 is 5.60 Å². The molecule has 74 valence electrons. The van der Waals surface area contributed by atoms with Gasteiger partial charge in [0.1, 0.15) is 5.60 Å². The minimum atomic E-state index is -0.419. The van der Waals surface area contributed by atoms with E-state index in [0.717, 1.165) is 12.0 Å². The summed E-state index contributed by atoms with van der Waals surface area (Å²) in [5, 5.41) is 0. The quantitative estimate of drug-likeness (QED) is 0.636. The summed E-state index contributed by atoms with van der Waals surface area (Å²) < 4.78 is 5.41. The van der Waals surface area contributed by atoms with Crippen molar-refractivity contribution in [3.63, 3.8) is 0 Å². The van der Waals surface area contributed by atoms with Gasteiger partial charge in [-0.15, -0.1) is 0 Å². The van der Waals surface area contributed by atoms with Gasteiger partial charge in [-0.25, -0.2) is 0 Å². The van der Waals surface area contributed by atoms with E-state index in [9.17, 15) is 4.79 Å². The fraction of sp³-hybridized carbons (Fsp3) is 0.417. The summed E-state index contributed by atoms with van der Waals surface area (Å²) in [5.41, 5.74) is 0.662. The predicted molar refractivity (Wildman–Crippen MR) is 53.7 cm³/mol.